The molecular weight excluding hydrogens is 769 g/mol. The number of hydrogen-bond acceptors (Lipinski definition) is 2. The zero-order valence-electron chi connectivity index (χ0n) is 42.5. The number of nitrogens with zero attached hydrogens (tertiary/aromatic N) is 4. The van der Waals surface area contributed by atoms with Crippen molar-refractivity contribution < 1.29 is 16.2 Å². The third kappa shape index (κ3) is 6.33. The largest absolute Gasteiger partial charge is 0.458 e. The number of ether oxygens (including phenoxy) is 1. The van der Waals surface area contributed by atoms with Crippen molar-refractivity contribution in [2.75, 3.05) is 0 Å². The summed E-state index contributed by atoms with van der Waals surface area (Å²) in [5.74, 6) is 2.19. The Balaban J connectivity index is 1.10. The minimum atomic E-state index is -0.402. The van der Waals surface area contributed by atoms with E-state index in [1.165, 1.54) is 16.7 Å². The van der Waals surface area contributed by atoms with Gasteiger partial charge in [0.25, 0.3) is 6.33 Å². The number of fused-ring (bicyclic) bond motifs is 4. The van der Waals surface area contributed by atoms with Crippen LogP contribution in [-0.4, -0.2) is 14.1 Å². The number of imidazole rings is 1. The van der Waals surface area contributed by atoms with Gasteiger partial charge in [-0.15, -0.1) is 0 Å². The third-order valence-electron chi connectivity index (χ3n) is 14.3. The average molecular weight is 830 g/mol. The van der Waals surface area contributed by atoms with E-state index in [9.17, 15) is 2.74 Å². The summed E-state index contributed by atoms with van der Waals surface area (Å²) < 4.78 is 58.0. The van der Waals surface area contributed by atoms with Gasteiger partial charge in [-0.3, -0.25) is 13.7 Å². The summed E-state index contributed by atoms with van der Waals surface area (Å²) in [7, 11) is 0. The fourth-order valence-corrected chi connectivity index (χ4v) is 10.6. The maximum absolute atomic E-state index is 9.35. The summed E-state index contributed by atoms with van der Waals surface area (Å²) in [4.78, 5) is 4.87. The van der Waals surface area contributed by atoms with Gasteiger partial charge in [0.1, 0.15) is 17.3 Å². The van der Waals surface area contributed by atoms with Crippen LogP contribution in [0.1, 0.15) is 110 Å². The summed E-state index contributed by atoms with van der Waals surface area (Å²) in [6.07, 6.45) is 9.71. The number of benzene rings is 6. The third-order valence-corrected chi connectivity index (χ3v) is 14.3. The van der Waals surface area contributed by atoms with Crippen molar-refractivity contribution >= 4 is 32.8 Å². The second-order valence-electron chi connectivity index (χ2n) is 20.4. The van der Waals surface area contributed by atoms with E-state index in [-0.39, 0.29) is 51.4 Å². The first kappa shape index (κ1) is 34.1. The minimum Gasteiger partial charge on any atom is -0.458 e. The standard InChI is InChI=1S/C58H56N4O/c1-55(2,3)39-27-32-59-51(33-39)62-47-22-13-12-21-43(47)44-26-25-42(35-50(44)62)63-41-20-16-19-40(34-41)60-37-61(49-24-15-14-23-48(49)60)54-45(38-17-10-9-11-18-38)36-46-52-53(54)57(6,7)29-31-58(52,8)30-28-56(46,4)5/h9-27,32-36H,28-31H2,1-8H3/i9D,10D,11D,17D,18D. The lowest BCUT2D eigenvalue weighted by molar-refractivity contribution is -0.572. The van der Waals surface area contributed by atoms with Crippen LogP contribution in [0.25, 0.3) is 61.2 Å². The molecule has 11 rings (SSSR count). The normalized spacial score (nSPS) is 19.0. The molecule has 3 aromatic heterocycles. The van der Waals surface area contributed by atoms with Crippen LogP contribution in [0.15, 0.2) is 146 Å². The number of pyridine rings is 1. The molecule has 2 aliphatic carbocycles. The molecule has 0 saturated heterocycles. The van der Waals surface area contributed by atoms with E-state index in [0.717, 1.165) is 81.3 Å². The van der Waals surface area contributed by atoms with Gasteiger partial charge in [-0.25, -0.2) is 4.98 Å². The fraction of sp³-hybridized carbons (Fsp3) is 0.276. The predicted molar refractivity (Wildman–Crippen MR) is 258 cm³/mol. The van der Waals surface area contributed by atoms with Crippen LogP contribution < -0.4 is 9.30 Å². The highest BCUT2D eigenvalue weighted by molar-refractivity contribution is 6.09. The van der Waals surface area contributed by atoms with Gasteiger partial charge < -0.3 is 4.74 Å². The first-order valence-electron chi connectivity index (χ1n) is 24.8. The van der Waals surface area contributed by atoms with Crippen molar-refractivity contribution in [2.45, 2.75) is 103 Å². The van der Waals surface area contributed by atoms with E-state index in [1.54, 1.807) is 0 Å². The summed E-state index contributed by atoms with van der Waals surface area (Å²) in [6.45, 7) is 18.2. The molecule has 0 spiro atoms. The van der Waals surface area contributed by atoms with Crippen molar-refractivity contribution in [3.63, 3.8) is 0 Å². The molecular formula is C58H56N4O. The highest BCUT2D eigenvalue weighted by Gasteiger charge is 2.49. The SMILES string of the molecule is [2H]c1c([2H])c([2H])c(-c2cc3c4c(c2-[n+]2[c-]n(-c5cccc(Oc6ccc7c8ccccc8n(-c8cc(C(C)(C)C)ccn8)c7c6)c5)c5ccccc52)C(C)(C)CCC4(C)CCC3(C)C)c([2H])c1[2H]. The molecule has 0 bridgehead atoms. The van der Waals surface area contributed by atoms with Gasteiger partial charge in [0, 0.05) is 23.0 Å². The van der Waals surface area contributed by atoms with E-state index in [2.05, 4.69) is 138 Å². The molecule has 0 N–H and O–H groups in total. The fourth-order valence-electron chi connectivity index (χ4n) is 10.6. The molecule has 2 aliphatic rings. The molecule has 0 radical (unpaired) electrons. The molecule has 0 amide bonds. The molecule has 5 heteroatoms. The van der Waals surface area contributed by atoms with Gasteiger partial charge in [0.05, 0.1) is 40.3 Å². The van der Waals surface area contributed by atoms with Gasteiger partial charge in [0.2, 0.25) is 0 Å². The van der Waals surface area contributed by atoms with Crippen molar-refractivity contribution in [3.05, 3.63) is 174 Å². The van der Waals surface area contributed by atoms with Crippen LogP contribution in [0, 0.1) is 6.33 Å². The maximum atomic E-state index is 9.35. The Bertz CT molecular complexity index is 3540. The molecule has 0 fully saturated rings. The molecule has 63 heavy (non-hydrogen) atoms. The molecule has 5 nitrogen and oxygen atoms in total. The molecule has 1 atom stereocenters. The molecule has 9 aromatic rings. The molecule has 314 valence electrons. The zero-order valence-corrected chi connectivity index (χ0v) is 37.5. The van der Waals surface area contributed by atoms with Crippen molar-refractivity contribution in [1.29, 1.82) is 0 Å². The van der Waals surface area contributed by atoms with Gasteiger partial charge in [0.15, 0.2) is 0 Å². The highest BCUT2D eigenvalue weighted by atomic mass is 16.5. The van der Waals surface area contributed by atoms with Crippen LogP contribution in [0.2, 0.25) is 0 Å². The average Bonchev–Trinajstić information content (AvgIpc) is 3.86. The Kier molecular flexibility index (Phi) is 7.59. The molecule has 0 saturated carbocycles. The quantitative estimate of drug-likeness (QED) is 0.124. The molecule has 0 aliphatic heterocycles. The van der Waals surface area contributed by atoms with Crippen LogP contribution in [-0.2, 0) is 21.7 Å². The first-order valence-corrected chi connectivity index (χ1v) is 22.3. The smallest absolute Gasteiger partial charge is 0.269 e. The topological polar surface area (TPSA) is 35.9 Å². The lowest BCUT2D eigenvalue weighted by Gasteiger charge is -2.52. The van der Waals surface area contributed by atoms with E-state index in [1.807, 2.05) is 53.2 Å². The number of rotatable bonds is 6. The Labute approximate surface area is 378 Å². The van der Waals surface area contributed by atoms with Gasteiger partial charge >= 0.3 is 0 Å². The van der Waals surface area contributed by atoms with Gasteiger partial charge in [-0.2, -0.15) is 0 Å². The van der Waals surface area contributed by atoms with Crippen LogP contribution in [0.3, 0.4) is 0 Å². The van der Waals surface area contributed by atoms with E-state index >= 15 is 0 Å². The van der Waals surface area contributed by atoms with Crippen molar-refractivity contribution in [3.8, 4) is 39.8 Å². The summed E-state index contributed by atoms with van der Waals surface area (Å²) in [5, 5.41) is 2.25. The Morgan fingerprint density at radius 2 is 1.40 bits per heavy atom. The summed E-state index contributed by atoms with van der Waals surface area (Å²) >= 11 is 0. The lowest BCUT2D eigenvalue weighted by Crippen LogP contribution is -2.46. The van der Waals surface area contributed by atoms with Gasteiger partial charge in [-0.05, 0) is 129 Å². The van der Waals surface area contributed by atoms with Crippen LogP contribution >= 0.6 is 0 Å². The second-order valence-corrected chi connectivity index (χ2v) is 20.4. The predicted octanol–water partition coefficient (Wildman–Crippen LogP) is 14.4. The van der Waals surface area contributed by atoms with Crippen molar-refractivity contribution in [1.82, 2.24) is 14.1 Å². The highest BCUT2D eigenvalue weighted by Crippen LogP contribution is 2.58. The molecule has 1 unspecified atom stereocenters. The van der Waals surface area contributed by atoms with Crippen LogP contribution in [0.5, 0.6) is 11.5 Å². The second kappa shape index (κ2) is 14.0. The van der Waals surface area contributed by atoms with E-state index in [0.29, 0.717) is 17.1 Å². The minimum absolute atomic E-state index is 0.0453. The Hall–Kier alpha value is -6.46. The lowest BCUT2D eigenvalue weighted by atomic mass is 9.53. The van der Waals surface area contributed by atoms with Gasteiger partial charge in [-0.1, -0.05) is 140 Å². The van der Waals surface area contributed by atoms with E-state index < -0.39 is 6.04 Å². The van der Waals surface area contributed by atoms with Crippen molar-refractivity contribution in [2.24, 2.45) is 0 Å². The first-order chi connectivity index (χ1) is 32.3. The Morgan fingerprint density at radius 1 is 0.683 bits per heavy atom. The Morgan fingerprint density at radius 3 is 2.19 bits per heavy atom. The maximum Gasteiger partial charge on any atom is 0.269 e. The molecule has 3 heterocycles. The van der Waals surface area contributed by atoms with Crippen LogP contribution in [0.4, 0.5) is 0 Å². The number of aromatic nitrogens is 4. The molecule has 6 aromatic carbocycles. The number of hydrogen-bond donors (Lipinski definition) is 0. The number of para-hydroxylation sites is 3. The van der Waals surface area contributed by atoms with E-state index in [4.69, 9.17) is 13.8 Å². The summed E-state index contributed by atoms with van der Waals surface area (Å²) in [5.41, 5.74) is 10.6. The monoisotopic (exact) mass is 829 g/mol. The zero-order chi connectivity index (χ0) is 47.8. The summed E-state index contributed by atoms with van der Waals surface area (Å²) in [6, 6.07) is 35.8.